The number of nitrogens with one attached hydrogen (secondary N) is 1. The summed E-state index contributed by atoms with van der Waals surface area (Å²) >= 11 is 1.23. The summed E-state index contributed by atoms with van der Waals surface area (Å²) < 4.78 is 7.46. The highest BCUT2D eigenvalue weighted by Crippen LogP contribution is 2.27. The molecule has 7 nitrogen and oxygen atoms in total. The molecular weight excluding hydrogens is 350 g/mol. The lowest BCUT2D eigenvalue weighted by Crippen LogP contribution is -2.24. The highest BCUT2D eigenvalue weighted by Gasteiger charge is 2.20. The third-order valence-electron chi connectivity index (χ3n) is 4.00. The van der Waals surface area contributed by atoms with Gasteiger partial charge >= 0.3 is 0 Å². The minimum absolute atomic E-state index is 0.139. The van der Waals surface area contributed by atoms with Crippen molar-refractivity contribution in [1.29, 1.82) is 0 Å². The van der Waals surface area contributed by atoms with Gasteiger partial charge in [-0.25, -0.2) is 4.68 Å². The van der Waals surface area contributed by atoms with Gasteiger partial charge in [-0.05, 0) is 32.4 Å². The van der Waals surface area contributed by atoms with Crippen molar-refractivity contribution in [1.82, 2.24) is 20.0 Å². The van der Waals surface area contributed by atoms with Crippen LogP contribution in [0.15, 0.2) is 52.2 Å². The van der Waals surface area contributed by atoms with Crippen molar-refractivity contribution >= 4 is 23.5 Å². The first-order valence-electron chi connectivity index (χ1n) is 8.48. The zero-order valence-corrected chi connectivity index (χ0v) is 15.7. The molecule has 3 rings (SSSR count). The van der Waals surface area contributed by atoms with E-state index in [-0.39, 0.29) is 17.2 Å². The van der Waals surface area contributed by atoms with Gasteiger partial charge in [-0.15, -0.1) is 10.2 Å². The van der Waals surface area contributed by atoms with Crippen LogP contribution in [-0.2, 0) is 4.79 Å². The number of thioether (sulfide) groups is 1. The first-order chi connectivity index (χ1) is 12.6. The number of amides is 1. The van der Waals surface area contributed by atoms with Crippen LogP contribution in [0.2, 0.25) is 0 Å². The molecule has 1 aromatic carbocycles. The number of rotatable bonds is 7. The third kappa shape index (κ3) is 4.13. The zero-order chi connectivity index (χ0) is 18.5. The molecule has 2 aromatic heterocycles. The molecule has 2 atom stereocenters. The van der Waals surface area contributed by atoms with Gasteiger partial charge in [0, 0.05) is 11.6 Å². The van der Waals surface area contributed by atoms with E-state index in [4.69, 9.17) is 4.42 Å². The van der Waals surface area contributed by atoms with Crippen LogP contribution in [0.25, 0.3) is 11.5 Å². The Morgan fingerprint density at radius 1 is 1.23 bits per heavy atom. The molecule has 0 spiro atoms. The maximum atomic E-state index is 12.5. The van der Waals surface area contributed by atoms with E-state index in [9.17, 15) is 4.79 Å². The molecule has 1 N–H and O–H groups in total. The Kier molecular flexibility index (Phi) is 5.72. The van der Waals surface area contributed by atoms with E-state index in [1.807, 2.05) is 35.0 Å². The van der Waals surface area contributed by atoms with Crippen molar-refractivity contribution in [2.45, 2.75) is 43.7 Å². The number of hydrogen-bond acceptors (Lipinski definition) is 6. The lowest BCUT2D eigenvalue weighted by Gasteiger charge is -2.15. The maximum Gasteiger partial charge on any atom is 0.277 e. The van der Waals surface area contributed by atoms with Crippen molar-refractivity contribution in [3.8, 4) is 11.5 Å². The minimum Gasteiger partial charge on any atom is -0.411 e. The van der Waals surface area contributed by atoms with Gasteiger partial charge in [0.15, 0.2) is 0 Å². The van der Waals surface area contributed by atoms with Crippen molar-refractivity contribution < 1.29 is 9.21 Å². The summed E-state index contributed by atoms with van der Waals surface area (Å²) in [6.45, 7) is 5.94. The number of benzene rings is 1. The minimum atomic E-state index is -0.389. The summed E-state index contributed by atoms with van der Waals surface area (Å²) in [4.78, 5) is 12.5. The second-order valence-corrected chi connectivity index (χ2v) is 7.20. The van der Waals surface area contributed by atoms with Crippen molar-refractivity contribution in [3.05, 3.63) is 42.6 Å². The Bertz CT molecular complexity index is 861. The molecule has 3 aromatic rings. The fourth-order valence-corrected chi connectivity index (χ4v) is 3.01. The Morgan fingerprint density at radius 2 is 2.00 bits per heavy atom. The lowest BCUT2D eigenvalue weighted by atomic mass is 10.2. The highest BCUT2D eigenvalue weighted by molar-refractivity contribution is 8.00. The monoisotopic (exact) mass is 371 g/mol. The molecule has 0 aliphatic heterocycles. The summed E-state index contributed by atoms with van der Waals surface area (Å²) in [5, 5.41) is 15.2. The summed E-state index contributed by atoms with van der Waals surface area (Å²) in [5.74, 6) is 0.988. The Hall–Kier alpha value is -2.61. The van der Waals surface area contributed by atoms with E-state index in [0.29, 0.717) is 16.9 Å². The van der Waals surface area contributed by atoms with Crippen LogP contribution < -0.4 is 5.32 Å². The van der Waals surface area contributed by atoms with E-state index < -0.39 is 0 Å². The van der Waals surface area contributed by atoms with E-state index in [1.165, 1.54) is 11.8 Å². The smallest absolute Gasteiger partial charge is 0.277 e. The average Bonchev–Trinajstić information content (AvgIpc) is 3.31. The van der Waals surface area contributed by atoms with E-state index in [2.05, 4.69) is 34.5 Å². The maximum absolute atomic E-state index is 12.5. The number of aromatic nitrogens is 4. The molecule has 0 unspecified atom stereocenters. The van der Waals surface area contributed by atoms with Crippen LogP contribution >= 0.6 is 11.8 Å². The van der Waals surface area contributed by atoms with Crippen molar-refractivity contribution in [2.24, 2.45) is 0 Å². The SMILES string of the molecule is CC[C@@H](C)n1nccc1NC(=O)[C@@H](C)Sc1nnc(-c2ccccc2)o1. The number of anilines is 1. The zero-order valence-electron chi connectivity index (χ0n) is 14.9. The molecule has 0 saturated heterocycles. The number of carbonyl (C=O) groups is 1. The standard InChI is InChI=1S/C18H21N5O2S/c1-4-12(2)23-15(10-11-19-23)20-16(24)13(3)26-18-22-21-17(25-18)14-8-6-5-7-9-14/h5-13H,4H2,1-3H3,(H,20,24)/t12-,13-/m1/s1. The van der Waals surface area contributed by atoms with Crippen LogP contribution in [0.1, 0.15) is 33.2 Å². The summed E-state index contributed by atoms with van der Waals surface area (Å²) in [5.41, 5.74) is 0.849. The van der Waals surface area contributed by atoms with Gasteiger partial charge in [0.1, 0.15) is 5.82 Å². The topological polar surface area (TPSA) is 85.8 Å². The Labute approximate surface area is 156 Å². The fourth-order valence-electron chi connectivity index (χ4n) is 2.32. The van der Waals surface area contributed by atoms with Gasteiger partial charge in [-0.1, -0.05) is 36.9 Å². The molecule has 0 radical (unpaired) electrons. The predicted octanol–water partition coefficient (Wildman–Crippen LogP) is 4.02. The van der Waals surface area contributed by atoms with Crippen LogP contribution in [0.3, 0.4) is 0 Å². The van der Waals surface area contributed by atoms with Crippen LogP contribution in [-0.4, -0.2) is 31.1 Å². The number of nitrogens with zero attached hydrogens (tertiary/aromatic N) is 4. The van der Waals surface area contributed by atoms with Crippen LogP contribution in [0.4, 0.5) is 5.82 Å². The molecule has 26 heavy (non-hydrogen) atoms. The second kappa shape index (κ2) is 8.18. The molecule has 136 valence electrons. The van der Waals surface area contributed by atoms with Gasteiger partial charge in [-0.3, -0.25) is 4.79 Å². The number of hydrogen-bond donors (Lipinski definition) is 1. The average molecular weight is 371 g/mol. The van der Waals surface area contributed by atoms with E-state index in [1.54, 1.807) is 19.2 Å². The molecule has 0 bridgehead atoms. The van der Waals surface area contributed by atoms with Crippen molar-refractivity contribution in [3.63, 3.8) is 0 Å². The number of carbonyl (C=O) groups excluding carboxylic acids is 1. The largest absolute Gasteiger partial charge is 0.411 e. The normalized spacial score (nSPS) is 13.3. The first-order valence-corrected chi connectivity index (χ1v) is 9.36. The van der Waals surface area contributed by atoms with Crippen molar-refractivity contribution in [2.75, 3.05) is 5.32 Å². The molecule has 8 heteroatoms. The second-order valence-electron chi connectivity index (χ2n) is 5.91. The van der Waals surface area contributed by atoms with Gasteiger partial charge in [-0.2, -0.15) is 5.10 Å². The van der Waals surface area contributed by atoms with Gasteiger partial charge in [0.25, 0.3) is 5.22 Å². The predicted molar refractivity (Wildman–Crippen MR) is 101 cm³/mol. The van der Waals surface area contributed by atoms with E-state index in [0.717, 1.165) is 12.0 Å². The lowest BCUT2D eigenvalue weighted by molar-refractivity contribution is -0.115. The summed E-state index contributed by atoms with van der Waals surface area (Å²) in [7, 11) is 0. The molecule has 0 aliphatic carbocycles. The Morgan fingerprint density at radius 3 is 2.73 bits per heavy atom. The Balaban J connectivity index is 1.63. The van der Waals surface area contributed by atoms with E-state index >= 15 is 0 Å². The molecule has 1 amide bonds. The summed E-state index contributed by atoms with van der Waals surface area (Å²) in [6.07, 6.45) is 2.61. The molecular formula is C18H21N5O2S. The van der Waals surface area contributed by atoms with Gasteiger partial charge in [0.2, 0.25) is 11.8 Å². The van der Waals surface area contributed by atoms with Gasteiger partial charge in [0.05, 0.1) is 17.5 Å². The molecule has 0 fully saturated rings. The van der Waals surface area contributed by atoms with Gasteiger partial charge < -0.3 is 9.73 Å². The first kappa shape index (κ1) is 18.2. The molecule has 0 saturated carbocycles. The fraction of sp³-hybridized carbons (Fsp3) is 0.333. The van der Waals surface area contributed by atoms with Crippen LogP contribution in [0, 0.1) is 0 Å². The highest BCUT2D eigenvalue weighted by atomic mass is 32.2. The third-order valence-corrected chi connectivity index (χ3v) is 4.94. The summed E-state index contributed by atoms with van der Waals surface area (Å²) in [6, 6.07) is 11.5. The molecule has 0 aliphatic rings. The molecule has 2 heterocycles. The van der Waals surface area contributed by atoms with Crippen LogP contribution in [0.5, 0.6) is 0 Å². The quantitative estimate of drug-likeness (QED) is 0.631.